The van der Waals surface area contributed by atoms with Crippen LogP contribution in [0.4, 0.5) is 0 Å². The Balaban J connectivity index is 1.37. The zero-order valence-electron chi connectivity index (χ0n) is 19.3. The summed E-state index contributed by atoms with van der Waals surface area (Å²) in [7, 11) is -4.65. The largest absolute Gasteiger partial charge is 0.472 e. The Morgan fingerprint density at radius 3 is 2.69 bits per heavy atom. The highest BCUT2D eigenvalue weighted by molar-refractivity contribution is 7.47. The molecular weight excluding hydrogens is 483 g/mol. The molecule has 4 rings (SSSR count). The third-order valence-corrected chi connectivity index (χ3v) is 7.14. The van der Waals surface area contributed by atoms with Crippen LogP contribution in [-0.2, 0) is 23.1 Å². The minimum Gasteiger partial charge on any atom is -0.394 e. The molecule has 3 heterocycles. The van der Waals surface area contributed by atoms with Crippen LogP contribution in [0.3, 0.4) is 0 Å². The summed E-state index contributed by atoms with van der Waals surface area (Å²) in [5, 5.41) is 20.0. The van der Waals surface area contributed by atoms with Crippen LogP contribution >= 0.6 is 7.82 Å². The SMILES string of the molecule is Cc1cccc([C@H]2C[C@@H](O)[C@@H](COP(=O)(O)O[C@@H]3C[C@H](n4cc(C)c(=O)[nH]c4=O)O[C@@H]3CO)O2)c1. The molecule has 7 atom stereocenters. The summed E-state index contributed by atoms with van der Waals surface area (Å²) in [6.45, 7) is 2.53. The number of aliphatic hydroxyl groups excluding tert-OH is 2. The number of aromatic amines is 1. The molecule has 0 amide bonds. The predicted octanol–water partition coefficient (Wildman–Crippen LogP) is 0.827. The van der Waals surface area contributed by atoms with Crippen molar-refractivity contribution in [2.75, 3.05) is 13.2 Å². The number of benzene rings is 1. The number of nitrogens with one attached hydrogen (secondary N) is 1. The van der Waals surface area contributed by atoms with Crippen LogP contribution in [0, 0.1) is 13.8 Å². The Morgan fingerprint density at radius 2 is 1.97 bits per heavy atom. The lowest BCUT2D eigenvalue weighted by molar-refractivity contribution is -0.0513. The number of hydrogen-bond donors (Lipinski definition) is 4. The summed E-state index contributed by atoms with van der Waals surface area (Å²) in [5.74, 6) is 0. The standard InChI is InChI=1S/C22H29N2O10P/c1-12-4-3-5-14(6-12)16-7-15(26)19(32-16)11-31-35(29,30)34-17-8-20(33-18(17)10-25)24-9-13(2)21(27)23-22(24)28/h3-6,9,15-20,25-26H,7-8,10-11H2,1-2H3,(H,29,30)(H,23,27,28)/t15-,16-,17-,18-,19-,20-/m1/s1. The Labute approximate surface area is 200 Å². The van der Waals surface area contributed by atoms with Gasteiger partial charge < -0.3 is 24.6 Å². The number of hydrogen-bond acceptors (Lipinski definition) is 9. The van der Waals surface area contributed by atoms with Crippen molar-refractivity contribution >= 4 is 7.82 Å². The average Bonchev–Trinajstić information content (AvgIpc) is 3.37. The first-order valence-electron chi connectivity index (χ1n) is 11.2. The van der Waals surface area contributed by atoms with E-state index in [1.54, 1.807) is 0 Å². The van der Waals surface area contributed by atoms with E-state index in [9.17, 15) is 29.3 Å². The van der Waals surface area contributed by atoms with E-state index in [-0.39, 0.29) is 18.1 Å². The first kappa shape index (κ1) is 25.9. The summed E-state index contributed by atoms with van der Waals surface area (Å²) in [5.41, 5.74) is 0.950. The molecule has 4 N–H and O–H groups in total. The van der Waals surface area contributed by atoms with Crippen LogP contribution in [-0.4, -0.2) is 62.3 Å². The number of aromatic nitrogens is 2. The van der Waals surface area contributed by atoms with Crippen LogP contribution in [0.25, 0.3) is 0 Å². The Morgan fingerprint density at radius 1 is 1.20 bits per heavy atom. The average molecular weight is 512 g/mol. The number of aryl methyl sites for hydroxylation is 2. The van der Waals surface area contributed by atoms with Gasteiger partial charge in [0.2, 0.25) is 0 Å². The van der Waals surface area contributed by atoms with Gasteiger partial charge in [0.15, 0.2) is 0 Å². The van der Waals surface area contributed by atoms with Crippen LogP contribution in [0.1, 0.15) is 41.9 Å². The number of aliphatic hydroxyl groups is 2. The summed E-state index contributed by atoms with van der Waals surface area (Å²) >= 11 is 0. The lowest BCUT2D eigenvalue weighted by atomic mass is 10.0. The van der Waals surface area contributed by atoms with Crippen LogP contribution in [0.5, 0.6) is 0 Å². The molecule has 1 aromatic heterocycles. The molecule has 0 spiro atoms. The number of phosphoric acid groups is 1. The topological polar surface area (TPSA) is 170 Å². The van der Waals surface area contributed by atoms with E-state index in [4.69, 9.17) is 18.5 Å². The highest BCUT2D eigenvalue weighted by Gasteiger charge is 2.43. The monoisotopic (exact) mass is 512 g/mol. The molecule has 2 aliphatic heterocycles. The molecule has 0 aliphatic carbocycles. The van der Waals surface area contributed by atoms with Crippen LogP contribution < -0.4 is 11.2 Å². The molecule has 2 aliphatic rings. The van der Waals surface area contributed by atoms with Crippen molar-refractivity contribution in [2.45, 2.75) is 63.4 Å². The molecule has 0 radical (unpaired) electrons. The van der Waals surface area contributed by atoms with Gasteiger partial charge in [0.05, 0.1) is 25.4 Å². The van der Waals surface area contributed by atoms with Crippen molar-refractivity contribution in [3.63, 3.8) is 0 Å². The minimum atomic E-state index is -4.65. The molecule has 12 nitrogen and oxygen atoms in total. The van der Waals surface area contributed by atoms with Gasteiger partial charge in [-0.3, -0.25) is 23.4 Å². The van der Waals surface area contributed by atoms with E-state index in [0.717, 1.165) is 15.7 Å². The van der Waals surface area contributed by atoms with Gasteiger partial charge in [-0.2, -0.15) is 0 Å². The molecule has 1 aromatic carbocycles. The van der Waals surface area contributed by atoms with E-state index in [1.807, 2.05) is 31.2 Å². The second-order valence-electron chi connectivity index (χ2n) is 8.81. The quantitative estimate of drug-likeness (QED) is 0.372. The maximum Gasteiger partial charge on any atom is 0.472 e. The lowest BCUT2D eigenvalue weighted by Gasteiger charge is -2.21. The fourth-order valence-electron chi connectivity index (χ4n) is 4.28. The van der Waals surface area contributed by atoms with Gasteiger partial charge in [-0.15, -0.1) is 0 Å². The highest BCUT2D eigenvalue weighted by atomic mass is 31.2. The van der Waals surface area contributed by atoms with Gasteiger partial charge in [-0.25, -0.2) is 9.36 Å². The Kier molecular flexibility index (Phi) is 7.74. The van der Waals surface area contributed by atoms with Gasteiger partial charge in [0.1, 0.15) is 24.5 Å². The smallest absolute Gasteiger partial charge is 0.394 e. The number of phosphoric ester groups is 1. The van der Waals surface area contributed by atoms with Gasteiger partial charge >= 0.3 is 13.5 Å². The zero-order valence-corrected chi connectivity index (χ0v) is 20.2. The predicted molar refractivity (Wildman–Crippen MR) is 122 cm³/mol. The van der Waals surface area contributed by atoms with Gasteiger partial charge in [0.25, 0.3) is 5.56 Å². The van der Waals surface area contributed by atoms with Crippen molar-refractivity contribution in [3.8, 4) is 0 Å². The maximum atomic E-state index is 12.6. The van der Waals surface area contributed by atoms with E-state index >= 15 is 0 Å². The van der Waals surface area contributed by atoms with Crippen molar-refractivity contribution < 1.29 is 38.2 Å². The molecule has 2 fully saturated rings. The van der Waals surface area contributed by atoms with E-state index < -0.39 is 62.9 Å². The molecule has 35 heavy (non-hydrogen) atoms. The lowest BCUT2D eigenvalue weighted by Crippen LogP contribution is -2.33. The maximum absolute atomic E-state index is 12.6. The van der Waals surface area contributed by atoms with Crippen molar-refractivity contribution in [1.82, 2.24) is 9.55 Å². The number of nitrogens with zero attached hydrogens (tertiary/aromatic N) is 1. The molecule has 1 unspecified atom stereocenters. The second-order valence-corrected chi connectivity index (χ2v) is 10.2. The molecule has 0 bridgehead atoms. The fourth-order valence-corrected chi connectivity index (χ4v) is 5.24. The van der Waals surface area contributed by atoms with E-state index in [0.29, 0.717) is 6.42 Å². The van der Waals surface area contributed by atoms with Gasteiger partial charge in [-0.1, -0.05) is 29.8 Å². The molecule has 2 aromatic rings. The third kappa shape index (κ3) is 5.99. The molecule has 0 saturated carbocycles. The first-order chi connectivity index (χ1) is 16.6. The Hall–Kier alpha value is -2.15. The number of ether oxygens (including phenoxy) is 2. The van der Waals surface area contributed by atoms with Crippen molar-refractivity contribution in [1.29, 1.82) is 0 Å². The summed E-state index contributed by atoms with van der Waals surface area (Å²) in [6, 6.07) is 7.66. The molecule has 2 saturated heterocycles. The molecule has 13 heteroatoms. The summed E-state index contributed by atoms with van der Waals surface area (Å²) in [4.78, 5) is 36.2. The van der Waals surface area contributed by atoms with Crippen LogP contribution in [0.15, 0.2) is 40.1 Å². The summed E-state index contributed by atoms with van der Waals surface area (Å²) in [6.07, 6.45) is -3.57. The van der Waals surface area contributed by atoms with E-state index in [2.05, 4.69) is 4.98 Å². The van der Waals surface area contributed by atoms with Crippen molar-refractivity contribution in [2.24, 2.45) is 0 Å². The summed E-state index contributed by atoms with van der Waals surface area (Å²) < 4.78 is 35.5. The van der Waals surface area contributed by atoms with Gasteiger partial charge in [-0.05, 0) is 19.4 Å². The number of rotatable bonds is 8. The molecular formula is C22H29N2O10P. The minimum absolute atomic E-state index is 0.0531. The van der Waals surface area contributed by atoms with Crippen LogP contribution in [0.2, 0.25) is 0 Å². The van der Waals surface area contributed by atoms with Crippen molar-refractivity contribution in [3.05, 3.63) is 68.0 Å². The fraction of sp³-hybridized carbons (Fsp3) is 0.545. The normalized spacial score (nSPS) is 30.4. The molecule has 192 valence electrons. The second kappa shape index (κ2) is 10.5. The Bertz CT molecular complexity index is 1210. The first-order valence-corrected chi connectivity index (χ1v) is 12.7. The number of H-pyrrole nitrogens is 1. The van der Waals surface area contributed by atoms with E-state index in [1.165, 1.54) is 13.1 Å². The van der Waals surface area contributed by atoms with Gasteiger partial charge in [0, 0.05) is 24.6 Å². The third-order valence-electron chi connectivity index (χ3n) is 6.12. The highest BCUT2D eigenvalue weighted by Crippen LogP contribution is 2.49. The zero-order chi connectivity index (χ0) is 25.3.